The number of nitrogens with one attached hydrogen (secondary N) is 1. The zero-order valence-electron chi connectivity index (χ0n) is 13.0. The lowest BCUT2D eigenvalue weighted by Crippen LogP contribution is -2.34. The smallest absolute Gasteiger partial charge is 0.257 e. The molecule has 0 aliphatic carbocycles. The van der Waals surface area contributed by atoms with Gasteiger partial charge in [-0.3, -0.25) is 14.3 Å². The van der Waals surface area contributed by atoms with E-state index >= 15 is 0 Å². The van der Waals surface area contributed by atoms with Crippen molar-refractivity contribution in [3.8, 4) is 0 Å². The lowest BCUT2D eigenvalue weighted by molar-refractivity contribution is -0.120. The minimum absolute atomic E-state index is 0.0520. The molecule has 0 bridgehead atoms. The van der Waals surface area contributed by atoms with E-state index in [1.165, 1.54) is 6.20 Å². The van der Waals surface area contributed by atoms with Crippen molar-refractivity contribution in [2.24, 2.45) is 0 Å². The molecule has 2 aliphatic rings. The van der Waals surface area contributed by atoms with E-state index in [1.807, 2.05) is 0 Å². The number of hydrogen-bond donors (Lipinski definition) is 1. The van der Waals surface area contributed by atoms with Gasteiger partial charge in [0.25, 0.3) is 5.91 Å². The van der Waals surface area contributed by atoms with Crippen LogP contribution in [-0.4, -0.2) is 66.1 Å². The Labute approximate surface area is 134 Å². The zero-order chi connectivity index (χ0) is 16.6. The van der Waals surface area contributed by atoms with Gasteiger partial charge in [0, 0.05) is 31.7 Å². The molecule has 23 heavy (non-hydrogen) atoms. The van der Waals surface area contributed by atoms with E-state index in [0.29, 0.717) is 43.7 Å². The third kappa shape index (κ3) is 3.24. The van der Waals surface area contributed by atoms with E-state index in [9.17, 15) is 18.0 Å². The monoisotopic (exact) mass is 340 g/mol. The summed E-state index contributed by atoms with van der Waals surface area (Å²) in [6, 6.07) is -0.200. The molecule has 126 valence electrons. The van der Waals surface area contributed by atoms with Crippen LogP contribution in [0.2, 0.25) is 0 Å². The Kier molecular flexibility index (Phi) is 4.13. The quantitative estimate of drug-likeness (QED) is 0.783. The van der Waals surface area contributed by atoms with Gasteiger partial charge in [0.1, 0.15) is 0 Å². The first-order valence-electron chi connectivity index (χ1n) is 7.68. The van der Waals surface area contributed by atoms with Crippen LogP contribution in [0.4, 0.5) is 0 Å². The van der Waals surface area contributed by atoms with E-state index in [0.717, 1.165) is 0 Å². The number of rotatable bonds is 2. The summed E-state index contributed by atoms with van der Waals surface area (Å²) in [4.78, 5) is 25.7. The summed E-state index contributed by atoms with van der Waals surface area (Å²) in [5, 5.41) is 6.97. The van der Waals surface area contributed by atoms with Crippen molar-refractivity contribution >= 4 is 21.7 Å². The Morgan fingerprint density at radius 3 is 2.87 bits per heavy atom. The third-order valence-electron chi connectivity index (χ3n) is 4.43. The third-order valence-corrected chi connectivity index (χ3v) is 6.18. The first-order valence-corrected chi connectivity index (χ1v) is 9.50. The van der Waals surface area contributed by atoms with Crippen LogP contribution in [0.25, 0.3) is 0 Å². The fraction of sp³-hybridized carbons (Fsp3) is 0.643. The molecule has 0 spiro atoms. The number of sulfone groups is 1. The molecule has 2 amide bonds. The normalized spacial score (nSPS) is 24.3. The highest BCUT2D eigenvalue weighted by Crippen LogP contribution is 2.25. The number of hydrogen-bond acceptors (Lipinski definition) is 5. The summed E-state index contributed by atoms with van der Waals surface area (Å²) < 4.78 is 24.9. The fourth-order valence-electron chi connectivity index (χ4n) is 3.11. The molecule has 3 rings (SSSR count). The van der Waals surface area contributed by atoms with Gasteiger partial charge in [0.05, 0.1) is 29.3 Å². The standard InChI is InChI=1S/C14H20N4O4S/c1-10-12(14(20)17-5-2-13(19)15-4-6-17)8-16-18(10)11-3-7-23(21,22)9-11/h8,11H,2-7,9H2,1H3,(H,15,19)/t11-/m0/s1. The van der Waals surface area contributed by atoms with Crippen LogP contribution < -0.4 is 5.32 Å². The van der Waals surface area contributed by atoms with Gasteiger partial charge in [0.2, 0.25) is 5.91 Å². The van der Waals surface area contributed by atoms with Crippen LogP contribution in [-0.2, 0) is 14.6 Å². The molecule has 0 radical (unpaired) electrons. The van der Waals surface area contributed by atoms with Crippen LogP contribution in [0.3, 0.4) is 0 Å². The average molecular weight is 340 g/mol. The second-order valence-electron chi connectivity index (χ2n) is 6.04. The Bertz CT molecular complexity index is 740. The average Bonchev–Trinajstić information content (AvgIpc) is 2.95. The first kappa shape index (κ1) is 16.0. The summed E-state index contributed by atoms with van der Waals surface area (Å²) >= 11 is 0. The predicted molar refractivity (Wildman–Crippen MR) is 82.8 cm³/mol. The molecule has 0 unspecified atom stereocenters. The molecule has 2 saturated heterocycles. The molecule has 1 aromatic heterocycles. The van der Waals surface area contributed by atoms with Crippen LogP contribution in [0, 0.1) is 6.92 Å². The molecule has 1 atom stereocenters. The zero-order valence-corrected chi connectivity index (χ0v) is 13.8. The Morgan fingerprint density at radius 1 is 1.39 bits per heavy atom. The molecular weight excluding hydrogens is 320 g/mol. The van der Waals surface area contributed by atoms with Gasteiger partial charge >= 0.3 is 0 Å². The molecular formula is C14H20N4O4S. The predicted octanol–water partition coefficient (Wildman–Crippen LogP) is -0.487. The van der Waals surface area contributed by atoms with E-state index in [2.05, 4.69) is 10.4 Å². The van der Waals surface area contributed by atoms with Gasteiger partial charge in [-0.2, -0.15) is 5.10 Å². The first-order chi connectivity index (χ1) is 10.9. The fourth-order valence-corrected chi connectivity index (χ4v) is 4.80. The van der Waals surface area contributed by atoms with Crippen molar-refractivity contribution in [2.75, 3.05) is 31.1 Å². The lowest BCUT2D eigenvalue weighted by atomic mass is 10.2. The van der Waals surface area contributed by atoms with Gasteiger partial charge < -0.3 is 10.2 Å². The maximum Gasteiger partial charge on any atom is 0.257 e. The summed E-state index contributed by atoms with van der Waals surface area (Å²) in [7, 11) is -3.00. The van der Waals surface area contributed by atoms with Crippen molar-refractivity contribution in [2.45, 2.75) is 25.8 Å². The summed E-state index contributed by atoms with van der Waals surface area (Å²) in [5.41, 5.74) is 1.16. The molecule has 1 N–H and O–H groups in total. The van der Waals surface area contributed by atoms with E-state index in [4.69, 9.17) is 0 Å². The lowest BCUT2D eigenvalue weighted by Gasteiger charge is -2.19. The van der Waals surface area contributed by atoms with Crippen LogP contribution >= 0.6 is 0 Å². The number of nitrogens with zero attached hydrogens (tertiary/aromatic N) is 3. The van der Waals surface area contributed by atoms with Crippen molar-refractivity contribution in [1.82, 2.24) is 20.0 Å². The minimum Gasteiger partial charge on any atom is -0.354 e. The van der Waals surface area contributed by atoms with Crippen molar-refractivity contribution in [3.05, 3.63) is 17.5 Å². The maximum absolute atomic E-state index is 12.7. The van der Waals surface area contributed by atoms with Crippen LogP contribution in [0.1, 0.15) is 34.9 Å². The molecule has 0 aromatic carbocycles. The Balaban J connectivity index is 1.79. The highest BCUT2D eigenvalue weighted by Gasteiger charge is 2.32. The molecule has 2 aliphatic heterocycles. The minimum atomic E-state index is -3.00. The Hall–Kier alpha value is -1.90. The van der Waals surface area contributed by atoms with Crippen molar-refractivity contribution in [3.63, 3.8) is 0 Å². The SMILES string of the molecule is Cc1c(C(=O)N2CCNC(=O)CC2)cnn1[C@H]1CCS(=O)(=O)C1. The van der Waals surface area contributed by atoms with E-state index < -0.39 is 9.84 Å². The highest BCUT2D eigenvalue weighted by molar-refractivity contribution is 7.91. The molecule has 8 nitrogen and oxygen atoms in total. The molecule has 1 aromatic rings. The maximum atomic E-state index is 12.7. The van der Waals surface area contributed by atoms with Gasteiger partial charge in [-0.15, -0.1) is 0 Å². The van der Waals surface area contributed by atoms with Gasteiger partial charge in [-0.1, -0.05) is 0 Å². The topological polar surface area (TPSA) is 101 Å². The summed E-state index contributed by atoms with van der Waals surface area (Å²) in [6.07, 6.45) is 2.32. The molecule has 2 fully saturated rings. The van der Waals surface area contributed by atoms with Gasteiger partial charge in [-0.25, -0.2) is 8.42 Å². The van der Waals surface area contributed by atoms with E-state index in [1.54, 1.807) is 16.5 Å². The van der Waals surface area contributed by atoms with Crippen LogP contribution in [0.15, 0.2) is 6.20 Å². The number of carbonyl (C=O) groups excluding carboxylic acids is 2. The number of amides is 2. The van der Waals surface area contributed by atoms with Crippen molar-refractivity contribution < 1.29 is 18.0 Å². The number of carbonyl (C=O) groups is 2. The summed E-state index contributed by atoms with van der Waals surface area (Å²) in [5.74, 6) is 0.0285. The number of aromatic nitrogens is 2. The largest absolute Gasteiger partial charge is 0.354 e. The summed E-state index contributed by atoms with van der Waals surface area (Å²) in [6.45, 7) is 3.07. The van der Waals surface area contributed by atoms with E-state index in [-0.39, 0.29) is 29.4 Å². The Morgan fingerprint density at radius 2 is 2.17 bits per heavy atom. The molecule has 3 heterocycles. The second-order valence-corrected chi connectivity index (χ2v) is 8.27. The van der Waals surface area contributed by atoms with Gasteiger partial charge in [-0.05, 0) is 13.3 Å². The highest BCUT2D eigenvalue weighted by atomic mass is 32.2. The van der Waals surface area contributed by atoms with Crippen LogP contribution in [0.5, 0.6) is 0 Å². The second kappa shape index (κ2) is 5.95. The molecule has 0 saturated carbocycles. The van der Waals surface area contributed by atoms with Crippen molar-refractivity contribution in [1.29, 1.82) is 0 Å². The van der Waals surface area contributed by atoms with Gasteiger partial charge in [0.15, 0.2) is 9.84 Å². The molecule has 9 heteroatoms.